The lowest BCUT2D eigenvalue weighted by Gasteiger charge is -2.29. The van der Waals surface area contributed by atoms with Crippen LogP contribution in [-0.2, 0) is 16.2 Å². The largest absolute Gasteiger partial charge is 0.486 e. The molecule has 0 aromatic heterocycles. The van der Waals surface area contributed by atoms with E-state index in [1.807, 2.05) is 0 Å². The van der Waals surface area contributed by atoms with E-state index >= 15 is 0 Å². The van der Waals surface area contributed by atoms with Gasteiger partial charge in [-0.05, 0) is 88.6 Å². The molecule has 264 valence electrons. The highest BCUT2D eigenvalue weighted by atomic mass is 16.6. The average molecular weight is 661 g/mol. The zero-order chi connectivity index (χ0) is 35.3. The summed E-state index contributed by atoms with van der Waals surface area (Å²) < 4.78 is 40.5. The van der Waals surface area contributed by atoms with Crippen molar-refractivity contribution in [2.24, 2.45) is 0 Å². The summed E-state index contributed by atoms with van der Waals surface area (Å²) in [7, 11) is 0. The number of ether oxygens (including phenoxy) is 6. The summed E-state index contributed by atoms with van der Waals surface area (Å²) in [5.41, 5.74) is 2.59. The number of hydrogen-bond acceptors (Lipinski definition) is 6. The normalized spacial score (nSPS) is 13.0. The molecule has 0 aliphatic carbocycles. The molecule has 6 bridgehead atoms. The highest BCUT2D eigenvalue weighted by Gasteiger charge is 2.30. The molecule has 1 aliphatic heterocycles. The van der Waals surface area contributed by atoms with E-state index in [1.54, 1.807) is 0 Å². The third-order valence-corrected chi connectivity index (χ3v) is 8.55. The van der Waals surface area contributed by atoms with Gasteiger partial charge in [0.15, 0.2) is 34.5 Å². The fraction of sp³-hybridized carbons (Fsp3) is 0.571. The summed E-state index contributed by atoms with van der Waals surface area (Å²) in [6.45, 7) is 27.8. The molecule has 0 amide bonds. The molecule has 3 aromatic carbocycles. The van der Waals surface area contributed by atoms with Gasteiger partial charge in [0.1, 0.15) is 0 Å². The van der Waals surface area contributed by atoms with Crippen molar-refractivity contribution < 1.29 is 28.4 Å². The molecule has 0 atom stereocenters. The first-order valence-electron chi connectivity index (χ1n) is 18.0. The third kappa shape index (κ3) is 9.12. The van der Waals surface area contributed by atoms with E-state index in [2.05, 4.69) is 119 Å². The number of hydrogen-bond donors (Lipinski definition) is 0. The summed E-state index contributed by atoms with van der Waals surface area (Å²) in [6.07, 6.45) is 5.71. The molecule has 0 N–H and O–H groups in total. The quantitative estimate of drug-likeness (QED) is 0.141. The van der Waals surface area contributed by atoms with Gasteiger partial charge in [-0.15, -0.1) is 0 Å². The molecule has 4 rings (SSSR count). The first-order valence-corrected chi connectivity index (χ1v) is 18.0. The van der Waals surface area contributed by atoms with Crippen molar-refractivity contribution in [3.8, 4) is 51.7 Å². The van der Waals surface area contributed by atoms with Crippen LogP contribution in [0.15, 0.2) is 36.4 Å². The summed E-state index contributed by atoms with van der Waals surface area (Å²) >= 11 is 0. The molecule has 48 heavy (non-hydrogen) atoms. The lowest BCUT2D eigenvalue weighted by atomic mass is 9.86. The van der Waals surface area contributed by atoms with Crippen molar-refractivity contribution in [2.45, 2.75) is 138 Å². The lowest BCUT2D eigenvalue weighted by molar-refractivity contribution is 0.254. The SMILES string of the molecule is CCCCOc1c2cc(C(C)(C)C)cc1Oc1cc(C(C)(C)C)cc(c1OCCCC)Oc1cc(C(C)(C)C)cc(c1OCCCC)O2. The summed E-state index contributed by atoms with van der Waals surface area (Å²) in [4.78, 5) is 0. The van der Waals surface area contributed by atoms with E-state index in [9.17, 15) is 0 Å². The molecule has 0 saturated heterocycles. The highest BCUT2D eigenvalue weighted by Crippen LogP contribution is 2.54. The zero-order valence-electron chi connectivity index (χ0n) is 31.8. The second-order valence-electron chi connectivity index (χ2n) is 16.1. The zero-order valence-corrected chi connectivity index (χ0v) is 31.8. The first kappa shape index (κ1) is 37.3. The molecule has 0 unspecified atom stereocenters. The predicted octanol–water partition coefficient (Wildman–Crippen LogP) is 12.8. The monoisotopic (exact) mass is 660 g/mol. The van der Waals surface area contributed by atoms with Crippen LogP contribution < -0.4 is 28.4 Å². The average Bonchev–Trinajstić information content (AvgIpc) is 2.98. The van der Waals surface area contributed by atoms with Crippen LogP contribution in [0.3, 0.4) is 0 Å². The van der Waals surface area contributed by atoms with Crippen LogP contribution in [0.2, 0.25) is 0 Å². The number of rotatable bonds is 12. The third-order valence-electron chi connectivity index (χ3n) is 8.55. The van der Waals surface area contributed by atoms with E-state index in [-0.39, 0.29) is 16.2 Å². The van der Waals surface area contributed by atoms with Gasteiger partial charge in [-0.3, -0.25) is 0 Å². The van der Waals surface area contributed by atoms with Crippen molar-refractivity contribution in [3.05, 3.63) is 53.1 Å². The maximum Gasteiger partial charge on any atom is 0.204 e. The van der Waals surface area contributed by atoms with Crippen LogP contribution in [-0.4, -0.2) is 19.8 Å². The van der Waals surface area contributed by atoms with Crippen LogP contribution in [0.5, 0.6) is 51.7 Å². The molecule has 6 nitrogen and oxygen atoms in total. The van der Waals surface area contributed by atoms with E-state index in [0.717, 1.165) is 55.2 Å². The van der Waals surface area contributed by atoms with Crippen LogP contribution >= 0.6 is 0 Å². The molecule has 0 spiro atoms. The molecular weight excluding hydrogens is 600 g/mol. The minimum absolute atomic E-state index is 0.198. The van der Waals surface area contributed by atoms with Gasteiger partial charge < -0.3 is 28.4 Å². The Morgan fingerprint density at radius 3 is 0.771 bits per heavy atom. The van der Waals surface area contributed by atoms with E-state index in [4.69, 9.17) is 28.4 Å². The molecule has 6 heteroatoms. The molecule has 1 heterocycles. The van der Waals surface area contributed by atoms with Crippen molar-refractivity contribution >= 4 is 0 Å². The first-order chi connectivity index (χ1) is 22.6. The Hall–Kier alpha value is -3.54. The number of benzene rings is 3. The summed E-state index contributed by atoms with van der Waals surface area (Å²) in [5.74, 6) is 5.13. The maximum absolute atomic E-state index is 6.94. The minimum Gasteiger partial charge on any atom is -0.486 e. The molecular formula is C42H60O6. The smallest absolute Gasteiger partial charge is 0.204 e. The highest BCUT2D eigenvalue weighted by molar-refractivity contribution is 5.65. The Kier molecular flexibility index (Phi) is 11.9. The molecule has 3 aromatic rings. The Labute approximate surface area is 290 Å². The Morgan fingerprint density at radius 2 is 0.604 bits per heavy atom. The summed E-state index contributed by atoms with van der Waals surface area (Å²) in [5, 5.41) is 0. The maximum atomic E-state index is 6.94. The van der Waals surface area contributed by atoms with Crippen LogP contribution in [0.1, 0.15) is 138 Å². The molecule has 0 fully saturated rings. The van der Waals surface area contributed by atoms with Gasteiger partial charge in [0, 0.05) is 0 Å². The lowest BCUT2D eigenvalue weighted by Crippen LogP contribution is -2.15. The van der Waals surface area contributed by atoms with Crippen molar-refractivity contribution in [3.63, 3.8) is 0 Å². The second kappa shape index (κ2) is 15.3. The van der Waals surface area contributed by atoms with Gasteiger partial charge >= 0.3 is 0 Å². The molecule has 1 aliphatic rings. The Bertz CT molecular complexity index is 1280. The van der Waals surface area contributed by atoms with E-state index < -0.39 is 0 Å². The summed E-state index contributed by atoms with van der Waals surface area (Å²) in [6, 6.07) is 12.5. The van der Waals surface area contributed by atoms with E-state index in [1.165, 1.54) is 0 Å². The standard InChI is InChI=1S/C42H60O6/c1-13-16-19-43-37-31-22-28(40(4,5)6)23-32(37)47-34-25-30(42(10,11)12)27-36(39(34)45-21-18-15-3)48-35-26-29(41(7,8)9)24-33(46-31)38(35)44-20-17-14-2/h22-27H,13-21H2,1-12H3. The van der Waals surface area contributed by atoms with Crippen LogP contribution in [0, 0.1) is 0 Å². The minimum atomic E-state index is -0.198. The van der Waals surface area contributed by atoms with Gasteiger partial charge in [0.25, 0.3) is 0 Å². The van der Waals surface area contributed by atoms with Gasteiger partial charge in [-0.25, -0.2) is 0 Å². The van der Waals surface area contributed by atoms with Crippen molar-refractivity contribution in [2.75, 3.05) is 19.8 Å². The molecule has 0 saturated carbocycles. The van der Waals surface area contributed by atoms with Gasteiger partial charge in [-0.2, -0.15) is 0 Å². The van der Waals surface area contributed by atoms with Gasteiger partial charge in [0.2, 0.25) is 17.2 Å². The van der Waals surface area contributed by atoms with E-state index in [0.29, 0.717) is 71.6 Å². The fourth-order valence-corrected chi connectivity index (χ4v) is 5.22. The predicted molar refractivity (Wildman–Crippen MR) is 197 cm³/mol. The van der Waals surface area contributed by atoms with Crippen LogP contribution in [0.4, 0.5) is 0 Å². The van der Waals surface area contributed by atoms with Gasteiger partial charge in [0.05, 0.1) is 19.8 Å². The van der Waals surface area contributed by atoms with Crippen molar-refractivity contribution in [1.29, 1.82) is 0 Å². The number of fused-ring (bicyclic) bond motifs is 6. The Balaban J connectivity index is 2.17. The fourth-order valence-electron chi connectivity index (χ4n) is 5.22. The van der Waals surface area contributed by atoms with Crippen LogP contribution in [0.25, 0.3) is 0 Å². The number of unbranched alkanes of at least 4 members (excludes halogenated alkanes) is 3. The topological polar surface area (TPSA) is 55.4 Å². The van der Waals surface area contributed by atoms with Crippen molar-refractivity contribution in [1.82, 2.24) is 0 Å². The van der Waals surface area contributed by atoms with Gasteiger partial charge in [-0.1, -0.05) is 102 Å². The Morgan fingerprint density at radius 1 is 0.396 bits per heavy atom. The molecule has 0 radical (unpaired) electrons. The second-order valence-corrected chi connectivity index (χ2v) is 16.1.